The summed E-state index contributed by atoms with van der Waals surface area (Å²) in [5, 5.41) is 18.6. The van der Waals surface area contributed by atoms with Gasteiger partial charge in [0.25, 0.3) is 0 Å². The van der Waals surface area contributed by atoms with Crippen molar-refractivity contribution in [1.29, 1.82) is 0 Å². The summed E-state index contributed by atoms with van der Waals surface area (Å²) in [6, 6.07) is 10.3. The minimum Gasteiger partial charge on any atom is -0.396 e. The minimum absolute atomic E-state index is 0.0782. The average molecular weight is 221 g/mol. The molecule has 1 saturated heterocycles. The van der Waals surface area contributed by atoms with E-state index in [4.69, 9.17) is 0 Å². The van der Waals surface area contributed by atoms with Crippen LogP contribution >= 0.6 is 0 Å². The van der Waals surface area contributed by atoms with Crippen LogP contribution in [0, 0.1) is 5.41 Å². The first-order chi connectivity index (χ1) is 7.78. The van der Waals surface area contributed by atoms with E-state index >= 15 is 0 Å². The van der Waals surface area contributed by atoms with E-state index in [2.05, 4.69) is 17.0 Å². The normalized spacial score (nSPS) is 20.1. The molecule has 88 valence electrons. The number of hydrogen-bond donors (Lipinski definition) is 2. The highest BCUT2D eigenvalue weighted by atomic mass is 16.3. The van der Waals surface area contributed by atoms with Crippen LogP contribution in [0.15, 0.2) is 30.3 Å². The molecule has 1 aliphatic heterocycles. The fourth-order valence-corrected chi connectivity index (χ4v) is 2.31. The number of aliphatic hydroxyl groups is 2. The molecule has 0 aliphatic carbocycles. The van der Waals surface area contributed by atoms with Crippen LogP contribution in [-0.4, -0.2) is 41.4 Å². The van der Waals surface area contributed by atoms with E-state index in [1.807, 2.05) is 18.2 Å². The minimum atomic E-state index is -0.283. The SMILES string of the molecule is OCC1(CO)CCN(Cc2ccccc2)C1. The van der Waals surface area contributed by atoms with E-state index in [1.54, 1.807) is 0 Å². The number of benzene rings is 1. The second kappa shape index (κ2) is 4.95. The zero-order valence-corrected chi connectivity index (χ0v) is 9.47. The molecule has 1 aromatic carbocycles. The van der Waals surface area contributed by atoms with Crippen molar-refractivity contribution >= 4 is 0 Å². The van der Waals surface area contributed by atoms with Crippen LogP contribution in [0.2, 0.25) is 0 Å². The molecule has 0 atom stereocenters. The maximum absolute atomic E-state index is 9.31. The lowest BCUT2D eigenvalue weighted by atomic mass is 9.89. The molecule has 0 aromatic heterocycles. The molecule has 0 radical (unpaired) electrons. The summed E-state index contributed by atoms with van der Waals surface area (Å²) in [4.78, 5) is 2.29. The van der Waals surface area contributed by atoms with Crippen molar-refractivity contribution in [1.82, 2.24) is 4.90 Å². The van der Waals surface area contributed by atoms with E-state index < -0.39 is 0 Å². The lowest BCUT2D eigenvalue weighted by Crippen LogP contribution is -2.33. The fraction of sp³-hybridized carbons (Fsp3) is 0.538. The molecule has 3 heteroatoms. The third-order valence-corrected chi connectivity index (χ3v) is 3.44. The van der Waals surface area contributed by atoms with Gasteiger partial charge in [-0.2, -0.15) is 0 Å². The fourth-order valence-electron chi connectivity index (χ4n) is 2.31. The summed E-state index contributed by atoms with van der Waals surface area (Å²) >= 11 is 0. The van der Waals surface area contributed by atoms with Gasteiger partial charge in [-0.05, 0) is 18.5 Å². The summed E-state index contributed by atoms with van der Waals surface area (Å²) in [5.41, 5.74) is 1.00. The van der Waals surface area contributed by atoms with Crippen molar-refractivity contribution in [3.63, 3.8) is 0 Å². The molecule has 1 heterocycles. The molecule has 2 N–H and O–H groups in total. The predicted octanol–water partition coefficient (Wildman–Crippen LogP) is 0.863. The Kier molecular flexibility index (Phi) is 3.59. The van der Waals surface area contributed by atoms with Gasteiger partial charge < -0.3 is 10.2 Å². The standard InChI is InChI=1S/C13H19NO2/c15-10-13(11-16)6-7-14(9-13)8-12-4-2-1-3-5-12/h1-5,15-16H,6-11H2. The van der Waals surface area contributed by atoms with Crippen LogP contribution in [-0.2, 0) is 6.54 Å². The van der Waals surface area contributed by atoms with Gasteiger partial charge in [0.1, 0.15) is 0 Å². The maximum atomic E-state index is 9.31. The lowest BCUT2D eigenvalue weighted by Gasteiger charge is -2.24. The Morgan fingerprint density at radius 2 is 1.81 bits per heavy atom. The van der Waals surface area contributed by atoms with Crippen molar-refractivity contribution in [3.05, 3.63) is 35.9 Å². The van der Waals surface area contributed by atoms with Gasteiger partial charge in [-0.15, -0.1) is 0 Å². The monoisotopic (exact) mass is 221 g/mol. The molecular formula is C13H19NO2. The van der Waals surface area contributed by atoms with Gasteiger partial charge in [-0.3, -0.25) is 4.90 Å². The quantitative estimate of drug-likeness (QED) is 0.792. The number of hydrogen-bond acceptors (Lipinski definition) is 3. The molecule has 1 fully saturated rings. The number of likely N-dealkylation sites (tertiary alicyclic amines) is 1. The number of nitrogens with zero attached hydrogens (tertiary/aromatic N) is 1. The smallest absolute Gasteiger partial charge is 0.0522 e. The van der Waals surface area contributed by atoms with E-state index in [0.717, 1.165) is 26.1 Å². The molecule has 0 spiro atoms. The summed E-state index contributed by atoms with van der Waals surface area (Å²) < 4.78 is 0. The first kappa shape index (κ1) is 11.6. The Bertz CT molecular complexity index is 322. The number of aliphatic hydroxyl groups excluding tert-OH is 2. The molecule has 0 amide bonds. The Labute approximate surface area is 96.3 Å². The van der Waals surface area contributed by atoms with Gasteiger partial charge in [0, 0.05) is 18.5 Å². The van der Waals surface area contributed by atoms with Crippen LogP contribution in [0.3, 0.4) is 0 Å². The molecule has 1 aliphatic rings. The average Bonchev–Trinajstić information content (AvgIpc) is 2.75. The first-order valence-electron chi connectivity index (χ1n) is 5.76. The van der Waals surface area contributed by atoms with Gasteiger partial charge >= 0.3 is 0 Å². The van der Waals surface area contributed by atoms with E-state index in [1.165, 1.54) is 5.56 Å². The molecule has 0 saturated carbocycles. The highest BCUT2D eigenvalue weighted by molar-refractivity contribution is 5.14. The summed E-state index contributed by atoms with van der Waals surface area (Å²) in [7, 11) is 0. The van der Waals surface area contributed by atoms with Crippen LogP contribution in [0.1, 0.15) is 12.0 Å². The predicted molar refractivity (Wildman–Crippen MR) is 62.9 cm³/mol. The highest BCUT2D eigenvalue weighted by Gasteiger charge is 2.36. The Morgan fingerprint density at radius 1 is 1.12 bits per heavy atom. The van der Waals surface area contributed by atoms with E-state index in [-0.39, 0.29) is 18.6 Å². The third kappa shape index (κ3) is 2.43. The van der Waals surface area contributed by atoms with Gasteiger partial charge in [0.05, 0.1) is 13.2 Å². The largest absolute Gasteiger partial charge is 0.396 e. The van der Waals surface area contributed by atoms with Gasteiger partial charge in [-0.1, -0.05) is 30.3 Å². The molecule has 0 bridgehead atoms. The third-order valence-electron chi connectivity index (χ3n) is 3.44. The second-order valence-corrected chi connectivity index (χ2v) is 4.76. The van der Waals surface area contributed by atoms with Crippen LogP contribution in [0.5, 0.6) is 0 Å². The maximum Gasteiger partial charge on any atom is 0.0522 e. The lowest BCUT2D eigenvalue weighted by molar-refractivity contribution is 0.0607. The van der Waals surface area contributed by atoms with Crippen molar-refractivity contribution in [2.45, 2.75) is 13.0 Å². The van der Waals surface area contributed by atoms with Crippen molar-refractivity contribution < 1.29 is 10.2 Å². The molecule has 3 nitrogen and oxygen atoms in total. The van der Waals surface area contributed by atoms with Crippen molar-refractivity contribution in [2.24, 2.45) is 5.41 Å². The zero-order valence-electron chi connectivity index (χ0n) is 9.47. The Balaban J connectivity index is 1.95. The topological polar surface area (TPSA) is 43.7 Å². The van der Waals surface area contributed by atoms with Crippen molar-refractivity contribution in [3.8, 4) is 0 Å². The highest BCUT2D eigenvalue weighted by Crippen LogP contribution is 2.30. The molecular weight excluding hydrogens is 202 g/mol. The van der Waals surface area contributed by atoms with E-state index in [9.17, 15) is 10.2 Å². The molecule has 1 aromatic rings. The summed E-state index contributed by atoms with van der Waals surface area (Å²) in [6.45, 7) is 2.80. The van der Waals surface area contributed by atoms with Crippen LogP contribution < -0.4 is 0 Å². The molecule has 2 rings (SSSR count). The van der Waals surface area contributed by atoms with Crippen LogP contribution in [0.25, 0.3) is 0 Å². The summed E-state index contributed by atoms with van der Waals surface area (Å²) in [6.07, 6.45) is 0.882. The van der Waals surface area contributed by atoms with Gasteiger partial charge in [-0.25, -0.2) is 0 Å². The second-order valence-electron chi connectivity index (χ2n) is 4.76. The Morgan fingerprint density at radius 3 is 2.38 bits per heavy atom. The summed E-state index contributed by atoms with van der Waals surface area (Å²) in [5.74, 6) is 0. The first-order valence-corrected chi connectivity index (χ1v) is 5.76. The van der Waals surface area contributed by atoms with E-state index in [0.29, 0.717) is 0 Å². The van der Waals surface area contributed by atoms with Crippen molar-refractivity contribution in [2.75, 3.05) is 26.3 Å². The zero-order chi connectivity index (χ0) is 11.4. The van der Waals surface area contributed by atoms with Gasteiger partial charge in [0.2, 0.25) is 0 Å². The van der Waals surface area contributed by atoms with Gasteiger partial charge in [0.15, 0.2) is 0 Å². The Hall–Kier alpha value is -0.900. The number of rotatable bonds is 4. The molecule has 0 unspecified atom stereocenters. The molecule has 16 heavy (non-hydrogen) atoms. The van der Waals surface area contributed by atoms with Crippen LogP contribution in [0.4, 0.5) is 0 Å².